The fourth-order valence-electron chi connectivity index (χ4n) is 8.21. The topological polar surface area (TPSA) is 263 Å². The van der Waals surface area contributed by atoms with E-state index in [0.717, 1.165) is 22.0 Å². The van der Waals surface area contributed by atoms with Crippen LogP contribution >= 0.6 is 0 Å². The second-order valence-electron chi connectivity index (χ2n) is 15.4. The molecule has 3 aliphatic rings. The average molecular weight is 862 g/mol. The van der Waals surface area contributed by atoms with Crippen LogP contribution in [-0.4, -0.2) is 121 Å². The predicted molar refractivity (Wildman–Crippen MR) is 222 cm³/mol. The number of ether oxygens (including phenoxy) is 5. The first-order chi connectivity index (χ1) is 29.8. The Morgan fingerprint density at radius 1 is 0.984 bits per heavy atom. The number of cyclic esters (lactones) is 1. The number of benzene rings is 1. The minimum Gasteiger partial charge on any atom is -0.457 e. The highest BCUT2D eigenvalue weighted by molar-refractivity contribution is 5.95. The van der Waals surface area contributed by atoms with E-state index >= 15 is 0 Å². The molecule has 0 radical (unpaired) electrons. The number of carbonyl (C=O) groups is 6. The van der Waals surface area contributed by atoms with Gasteiger partial charge < -0.3 is 55.3 Å². The Kier molecular flexibility index (Phi) is 15.1. The van der Waals surface area contributed by atoms with Crippen LogP contribution in [0.3, 0.4) is 0 Å². The molecule has 3 aliphatic heterocycles. The van der Waals surface area contributed by atoms with E-state index in [0.29, 0.717) is 50.6 Å². The van der Waals surface area contributed by atoms with Gasteiger partial charge in [0.1, 0.15) is 24.7 Å². The molecule has 19 nitrogen and oxygen atoms in total. The van der Waals surface area contributed by atoms with Crippen molar-refractivity contribution < 1.29 is 52.5 Å². The molecule has 1 aromatic carbocycles. The van der Waals surface area contributed by atoms with E-state index in [1.54, 1.807) is 17.6 Å². The number of rotatable bonds is 21. The van der Waals surface area contributed by atoms with Crippen molar-refractivity contribution in [3.05, 3.63) is 62.9 Å². The van der Waals surface area contributed by atoms with Crippen LogP contribution in [-0.2, 0) is 77.6 Å². The van der Waals surface area contributed by atoms with E-state index in [-0.39, 0.29) is 75.5 Å². The molecule has 6 rings (SSSR count). The molecule has 19 heteroatoms. The van der Waals surface area contributed by atoms with Gasteiger partial charge in [0.2, 0.25) is 29.2 Å². The van der Waals surface area contributed by atoms with Crippen molar-refractivity contribution in [3.8, 4) is 11.4 Å². The second-order valence-corrected chi connectivity index (χ2v) is 15.4. The minimum absolute atomic E-state index is 0.0323. The van der Waals surface area contributed by atoms with Gasteiger partial charge in [0.05, 0.1) is 75.1 Å². The van der Waals surface area contributed by atoms with Crippen molar-refractivity contribution in [2.24, 2.45) is 11.5 Å². The maximum atomic E-state index is 14.1. The van der Waals surface area contributed by atoms with Crippen LogP contribution < -0.4 is 27.7 Å². The standard InChI is InChI=1S/C43H55N7O12/c1-4-26-27-9-6-7-10-31(27)48-37-28(26)23-50-34(37)21-30-29(40(50)55)24-61-42(57)43(30,5-2)62-41(56)25(3)46-39(54)33-11-8-14-49(33)36(52)22-32(38(45)53)47-35(51)12-15-58-17-19-60-20-18-59-16-13-44/h6-7,9-10,21,25,32-33H,4-5,8,11-20,22-24,44H2,1-3H3,(H2,45,53)(H,46,54)(H,47,51)/t25-,32-,33-,43-/m0/s1. The Morgan fingerprint density at radius 3 is 2.39 bits per heavy atom. The summed E-state index contributed by atoms with van der Waals surface area (Å²) < 4.78 is 29.0. The number of aromatic nitrogens is 2. The molecule has 1 fully saturated rings. The van der Waals surface area contributed by atoms with Gasteiger partial charge in [0, 0.05) is 36.0 Å². The van der Waals surface area contributed by atoms with Gasteiger partial charge in [0.25, 0.3) is 5.56 Å². The van der Waals surface area contributed by atoms with Crippen LogP contribution in [0, 0.1) is 0 Å². The number of nitrogens with one attached hydrogen (secondary N) is 2. The molecular weight excluding hydrogens is 807 g/mol. The SMILES string of the molecule is CCc1c2c(nc3ccccc13)-c1cc3c(c(=O)n1C2)COC(=O)[C@@]3(CC)OC(=O)[C@H](C)NC(=O)[C@@H]1CCCN1C(=O)C[C@H](NC(=O)CCOCCOCCOCCN)C(N)=O. The maximum Gasteiger partial charge on any atom is 0.355 e. The van der Waals surface area contributed by atoms with E-state index in [1.165, 1.54) is 11.8 Å². The molecule has 5 heterocycles. The number of primary amides is 1. The zero-order chi connectivity index (χ0) is 44.6. The van der Waals surface area contributed by atoms with Crippen LogP contribution in [0.1, 0.15) is 75.1 Å². The average Bonchev–Trinajstić information content (AvgIpc) is 3.90. The highest BCUT2D eigenvalue weighted by atomic mass is 16.6. The third-order valence-corrected chi connectivity index (χ3v) is 11.4. The molecule has 62 heavy (non-hydrogen) atoms. The summed E-state index contributed by atoms with van der Waals surface area (Å²) in [6.45, 7) is 7.39. The first-order valence-electron chi connectivity index (χ1n) is 21.0. The zero-order valence-corrected chi connectivity index (χ0v) is 35.3. The number of nitrogens with two attached hydrogens (primary N) is 2. The van der Waals surface area contributed by atoms with Crippen molar-refractivity contribution in [2.45, 2.75) is 96.2 Å². The van der Waals surface area contributed by atoms with Gasteiger partial charge in [-0.1, -0.05) is 32.0 Å². The number of fused-ring (bicyclic) bond motifs is 5. The van der Waals surface area contributed by atoms with Crippen molar-refractivity contribution in [1.29, 1.82) is 0 Å². The molecule has 2 aromatic heterocycles. The molecule has 3 aromatic rings. The van der Waals surface area contributed by atoms with Crippen LogP contribution in [0.2, 0.25) is 0 Å². The summed E-state index contributed by atoms with van der Waals surface area (Å²) in [5.41, 5.74) is 12.7. The summed E-state index contributed by atoms with van der Waals surface area (Å²) in [7, 11) is 0. The van der Waals surface area contributed by atoms with Gasteiger partial charge >= 0.3 is 11.9 Å². The summed E-state index contributed by atoms with van der Waals surface area (Å²) in [4.78, 5) is 99.7. The van der Waals surface area contributed by atoms with Gasteiger partial charge in [-0.15, -0.1) is 0 Å². The van der Waals surface area contributed by atoms with Gasteiger partial charge in [-0.2, -0.15) is 0 Å². The fourth-order valence-corrected chi connectivity index (χ4v) is 8.21. The third-order valence-electron chi connectivity index (χ3n) is 11.4. The Morgan fingerprint density at radius 2 is 1.69 bits per heavy atom. The van der Waals surface area contributed by atoms with E-state index in [1.807, 2.05) is 31.2 Å². The highest BCUT2D eigenvalue weighted by Crippen LogP contribution is 2.42. The summed E-state index contributed by atoms with van der Waals surface area (Å²) in [5, 5.41) is 6.06. The predicted octanol–water partition coefficient (Wildman–Crippen LogP) is 0.447. The summed E-state index contributed by atoms with van der Waals surface area (Å²) in [6.07, 6.45) is 0.730. The lowest BCUT2D eigenvalue weighted by Gasteiger charge is -2.36. The molecular formula is C43H55N7O12. The molecule has 6 N–H and O–H groups in total. The van der Waals surface area contributed by atoms with Crippen molar-refractivity contribution in [2.75, 3.05) is 52.7 Å². The molecule has 334 valence electrons. The number of pyridine rings is 2. The Balaban J connectivity index is 1.08. The molecule has 0 aliphatic carbocycles. The Hall–Kier alpha value is -5.76. The third kappa shape index (κ3) is 9.65. The fraction of sp³-hybridized carbons (Fsp3) is 0.535. The van der Waals surface area contributed by atoms with Crippen LogP contribution in [0.4, 0.5) is 0 Å². The highest BCUT2D eigenvalue weighted by Gasteiger charge is 2.51. The lowest BCUT2D eigenvalue weighted by atomic mass is 9.85. The molecule has 4 amide bonds. The van der Waals surface area contributed by atoms with E-state index in [2.05, 4.69) is 10.6 Å². The van der Waals surface area contributed by atoms with Crippen LogP contribution in [0.5, 0.6) is 0 Å². The number of carbonyl (C=O) groups excluding carboxylic acids is 6. The largest absolute Gasteiger partial charge is 0.457 e. The Labute approximate surface area is 358 Å². The van der Waals surface area contributed by atoms with Gasteiger partial charge in [-0.05, 0) is 50.3 Å². The number of amides is 4. The lowest BCUT2D eigenvalue weighted by Crippen LogP contribution is -2.54. The molecule has 1 saturated heterocycles. The maximum absolute atomic E-state index is 14.1. The minimum atomic E-state index is -2.00. The van der Waals surface area contributed by atoms with Crippen LogP contribution in [0.25, 0.3) is 22.3 Å². The normalized spacial score (nSPS) is 18.6. The summed E-state index contributed by atoms with van der Waals surface area (Å²) >= 11 is 0. The van der Waals surface area contributed by atoms with Crippen LogP contribution in [0.15, 0.2) is 35.1 Å². The van der Waals surface area contributed by atoms with Crippen molar-refractivity contribution in [1.82, 2.24) is 25.1 Å². The Bertz CT molecular complexity index is 2260. The van der Waals surface area contributed by atoms with Crippen molar-refractivity contribution >= 4 is 46.5 Å². The number of esters is 2. The second kappa shape index (κ2) is 20.4. The quantitative estimate of drug-likeness (QED) is 0.0655. The first kappa shape index (κ1) is 45.8. The smallest absolute Gasteiger partial charge is 0.355 e. The van der Waals surface area contributed by atoms with Gasteiger partial charge in [0.15, 0.2) is 0 Å². The molecule has 0 bridgehead atoms. The van der Waals surface area contributed by atoms with E-state index < -0.39 is 65.7 Å². The number of likely N-dealkylation sites (tertiary alicyclic amines) is 1. The van der Waals surface area contributed by atoms with Crippen molar-refractivity contribution in [3.63, 3.8) is 0 Å². The number of para-hydroxylation sites is 1. The number of aryl methyl sites for hydroxylation is 1. The zero-order valence-electron chi connectivity index (χ0n) is 35.3. The lowest BCUT2D eigenvalue weighted by molar-refractivity contribution is -0.190. The number of hydrogen-bond donors (Lipinski definition) is 4. The number of hydrogen-bond acceptors (Lipinski definition) is 14. The van der Waals surface area contributed by atoms with E-state index in [4.69, 9.17) is 40.1 Å². The monoisotopic (exact) mass is 861 g/mol. The molecule has 4 atom stereocenters. The summed E-state index contributed by atoms with van der Waals surface area (Å²) in [6, 6.07) is 5.76. The molecule has 0 saturated carbocycles. The molecule has 0 unspecified atom stereocenters. The first-order valence-corrected chi connectivity index (χ1v) is 21.0. The van der Waals surface area contributed by atoms with Gasteiger partial charge in [-0.25, -0.2) is 14.6 Å². The van der Waals surface area contributed by atoms with E-state index in [9.17, 15) is 33.6 Å². The molecule has 0 spiro atoms. The number of nitrogens with zero attached hydrogens (tertiary/aromatic N) is 3. The van der Waals surface area contributed by atoms with Gasteiger partial charge in [-0.3, -0.25) is 24.0 Å². The summed E-state index contributed by atoms with van der Waals surface area (Å²) in [5.74, 6) is -4.60.